The fourth-order valence-electron chi connectivity index (χ4n) is 2.70. The summed E-state index contributed by atoms with van der Waals surface area (Å²) in [5.41, 5.74) is 1.87. The number of hydrogen-bond donors (Lipinski definition) is 0. The molecule has 0 bridgehead atoms. The molecule has 2 unspecified atom stereocenters. The Labute approximate surface area is 79.2 Å². The van der Waals surface area contributed by atoms with E-state index in [2.05, 4.69) is 24.0 Å². The number of rotatable bonds is 2. The van der Waals surface area contributed by atoms with Gasteiger partial charge in [-0.3, -0.25) is 4.98 Å². The van der Waals surface area contributed by atoms with Crippen LogP contribution in [0.25, 0.3) is 0 Å². The summed E-state index contributed by atoms with van der Waals surface area (Å²) in [6.07, 6.45) is 6.11. The van der Waals surface area contributed by atoms with Crippen LogP contribution in [0, 0.1) is 11.8 Å². The van der Waals surface area contributed by atoms with E-state index in [-0.39, 0.29) is 0 Å². The molecule has 2 fully saturated rings. The zero-order chi connectivity index (χ0) is 8.89. The van der Waals surface area contributed by atoms with E-state index in [4.69, 9.17) is 0 Å². The predicted molar refractivity (Wildman–Crippen MR) is 52.4 cm³/mol. The van der Waals surface area contributed by atoms with Crippen LogP contribution in [-0.2, 0) is 5.41 Å². The van der Waals surface area contributed by atoms with E-state index in [1.165, 1.54) is 25.0 Å². The minimum Gasteiger partial charge on any atom is -0.261 e. The first kappa shape index (κ1) is 7.54. The van der Waals surface area contributed by atoms with Crippen LogP contribution in [0.5, 0.6) is 0 Å². The maximum absolute atomic E-state index is 4.51. The molecule has 1 aromatic heterocycles. The first-order chi connectivity index (χ1) is 6.33. The van der Waals surface area contributed by atoms with Crippen LogP contribution in [-0.4, -0.2) is 4.98 Å². The third-order valence-corrected chi connectivity index (χ3v) is 3.78. The summed E-state index contributed by atoms with van der Waals surface area (Å²) in [6, 6.07) is 6.34. The smallest absolute Gasteiger partial charge is 0.0468 e. The third-order valence-electron chi connectivity index (χ3n) is 3.78. The van der Waals surface area contributed by atoms with Crippen molar-refractivity contribution in [3.8, 4) is 0 Å². The zero-order valence-corrected chi connectivity index (χ0v) is 8.03. The van der Waals surface area contributed by atoms with Crippen LogP contribution < -0.4 is 0 Å². The Morgan fingerprint density at radius 3 is 2.62 bits per heavy atom. The number of hydrogen-bond acceptors (Lipinski definition) is 1. The second-order valence-corrected chi connectivity index (χ2v) is 4.69. The predicted octanol–water partition coefficient (Wildman–Crippen LogP) is 2.77. The van der Waals surface area contributed by atoms with Crippen molar-refractivity contribution in [2.45, 2.75) is 31.6 Å². The van der Waals surface area contributed by atoms with Gasteiger partial charge in [0.1, 0.15) is 0 Å². The van der Waals surface area contributed by atoms with Gasteiger partial charge >= 0.3 is 0 Å². The average molecular weight is 173 g/mol. The van der Waals surface area contributed by atoms with Crippen molar-refractivity contribution in [1.82, 2.24) is 4.98 Å². The van der Waals surface area contributed by atoms with E-state index >= 15 is 0 Å². The highest BCUT2D eigenvalue weighted by atomic mass is 14.8. The summed E-state index contributed by atoms with van der Waals surface area (Å²) in [5, 5.41) is 0. The highest BCUT2D eigenvalue weighted by Gasteiger charge is 2.59. The molecule has 0 aliphatic heterocycles. The number of aromatic nitrogens is 1. The minimum atomic E-state index is 0.515. The molecular formula is C12H15N. The summed E-state index contributed by atoms with van der Waals surface area (Å²) in [6.45, 7) is 2.37. The van der Waals surface area contributed by atoms with E-state index in [0.717, 1.165) is 11.8 Å². The van der Waals surface area contributed by atoms with Crippen molar-refractivity contribution < 1.29 is 0 Å². The molecule has 0 aromatic carbocycles. The molecule has 13 heavy (non-hydrogen) atoms. The highest BCUT2D eigenvalue weighted by molar-refractivity contribution is 5.29. The summed E-state index contributed by atoms with van der Waals surface area (Å²) in [4.78, 5) is 4.51. The minimum absolute atomic E-state index is 0.515. The second-order valence-electron chi connectivity index (χ2n) is 4.69. The van der Waals surface area contributed by atoms with Gasteiger partial charge in [0, 0.05) is 17.3 Å². The quantitative estimate of drug-likeness (QED) is 0.670. The summed E-state index contributed by atoms with van der Waals surface area (Å²) in [7, 11) is 0. The largest absolute Gasteiger partial charge is 0.261 e. The Morgan fingerprint density at radius 1 is 1.38 bits per heavy atom. The second kappa shape index (κ2) is 2.34. The maximum Gasteiger partial charge on any atom is 0.0468 e. The van der Waals surface area contributed by atoms with Crippen molar-refractivity contribution in [3.63, 3.8) is 0 Å². The Balaban J connectivity index is 1.93. The van der Waals surface area contributed by atoms with Gasteiger partial charge in [0.15, 0.2) is 0 Å². The van der Waals surface area contributed by atoms with Gasteiger partial charge in [-0.25, -0.2) is 0 Å². The van der Waals surface area contributed by atoms with E-state index in [1.54, 1.807) is 0 Å². The molecule has 1 heteroatoms. The molecule has 1 heterocycles. The summed E-state index contributed by atoms with van der Waals surface area (Å²) in [5.74, 6) is 1.90. The molecule has 2 aliphatic rings. The zero-order valence-electron chi connectivity index (χ0n) is 8.03. The first-order valence-electron chi connectivity index (χ1n) is 5.24. The molecule has 0 N–H and O–H groups in total. The molecule has 0 spiro atoms. The van der Waals surface area contributed by atoms with Crippen molar-refractivity contribution in [2.24, 2.45) is 11.8 Å². The molecule has 2 atom stereocenters. The van der Waals surface area contributed by atoms with Crippen LogP contribution in [0.2, 0.25) is 0 Å². The fraction of sp³-hybridized carbons (Fsp3) is 0.583. The Hall–Kier alpha value is -0.850. The molecule has 3 rings (SSSR count). The van der Waals surface area contributed by atoms with E-state index in [1.807, 2.05) is 12.3 Å². The van der Waals surface area contributed by atoms with Crippen LogP contribution in [0.4, 0.5) is 0 Å². The lowest BCUT2D eigenvalue weighted by molar-refractivity contribution is 0.544. The van der Waals surface area contributed by atoms with E-state index < -0.39 is 0 Å². The van der Waals surface area contributed by atoms with Crippen LogP contribution in [0.15, 0.2) is 24.4 Å². The van der Waals surface area contributed by atoms with Crippen molar-refractivity contribution in [2.75, 3.05) is 0 Å². The van der Waals surface area contributed by atoms with Gasteiger partial charge in [0.2, 0.25) is 0 Å². The average Bonchev–Trinajstić information content (AvgIpc) is 3.02. The van der Waals surface area contributed by atoms with Gasteiger partial charge in [-0.1, -0.05) is 13.0 Å². The summed E-state index contributed by atoms with van der Waals surface area (Å²) < 4.78 is 0. The van der Waals surface area contributed by atoms with Crippen LogP contribution in [0.3, 0.4) is 0 Å². The van der Waals surface area contributed by atoms with Gasteiger partial charge in [0.25, 0.3) is 0 Å². The maximum atomic E-state index is 4.51. The lowest BCUT2D eigenvalue weighted by Crippen LogP contribution is -2.12. The van der Waals surface area contributed by atoms with Crippen LogP contribution >= 0.6 is 0 Å². The fourth-order valence-corrected chi connectivity index (χ4v) is 2.70. The molecule has 0 amide bonds. The number of nitrogens with zero attached hydrogens (tertiary/aromatic N) is 1. The molecule has 0 saturated heterocycles. The molecule has 2 aliphatic carbocycles. The number of pyridine rings is 1. The monoisotopic (exact) mass is 173 g/mol. The van der Waals surface area contributed by atoms with Crippen molar-refractivity contribution in [3.05, 3.63) is 30.1 Å². The molecule has 0 radical (unpaired) electrons. The highest BCUT2D eigenvalue weighted by Crippen LogP contribution is 2.64. The Kier molecular flexibility index (Phi) is 1.36. The standard InChI is InChI=1S/C12H15N/c1-9-8-10(9)12(5-6-12)11-4-2-3-7-13-11/h2-4,7,9-10H,5-6,8H2,1H3. The molecule has 68 valence electrons. The SMILES string of the molecule is CC1CC1C1(c2ccccn2)CC1. The van der Waals surface area contributed by atoms with Crippen molar-refractivity contribution >= 4 is 0 Å². The third kappa shape index (κ3) is 1.03. The Bertz CT molecular complexity index is 313. The van der Waals surface area contributed by atoms with Gasteiger partial charge in [-0.05, 0) is 43.2 Å². The lowest BCUT2D eigenvalue weighted by atomic mass is 9.94. The van der Waals surface area contributed by atoms with Crippen molar-refractivity contribution in [1.29, 1.82) is 0 Å². The summed E-state index contributed by atoms with van der Waals surface area (Å²) >= 11 is 0. The normalized spacial score (nSPS) is 34.2. The first-order valence-corrected chi connectivity index (χ1v) is 5.24. The molecular weight excluding hydrogens is 158 g/mol. The van der Waals surface area contributed by atoms with Gasteiger partial charge in [0.05, 0.1) is 0 Å². The van der Waals surface area contributed by atoms with E-state index in [9.17, 15) is 0 Å². The van der Waals surface area contributed by atoms with E-state index in [0.29, 0.717) is 5.41 Å². The Morgan fingerprint density at radius 2 is 2.15 bits per heavy atom. The van der Waals surface area contributed by atoms with Crippen LogP contribution in [0.1, 0.15) is 31.9 Å². The van der Waals surface area contributed by atoms with Gasteiger partial charge in [-0.15, -0.1) is 0 Å². The molecule has 1 nitrogen and oxygen atoms in total. The van der Waals surface area contributed by atoms with Gasteiger partial charge < -0.3 is 0 Å². The van der Waals surface area contributed by atoms with Gasteiger partial charge in [-0.2, -0.15) is 0 Å². The lowest BCUT2D eigenvalue weighted by Gasteiger charge is -2.13. The molecule has 2 saturated carbocycles. The molecule has 1 aromatic rings. The topological polar surface area (TPSA) is 12.9 Å².